The lowest BCUT2D eigenvalue weighted by atomic mass is 10.0. The van der Waals surface area contributed by atoms with E-state index in [0.29, 0.717) is 13.0 Å². The van der Waals surface area contributed by atoms with Crippen molar-refractivity contribution in [3.05, 3.63) is 34.3 Å². The van der Waals surface area contributed by atoms with E-state index in [1.165, 1.54) is 4.90 Å². The predicted octanol–water partition coefficient (Wildman–Crippen LogP) is 4.35. The Labute approximate surface area is 159 Å². The maximum atomic E-state index is 12.7. The average Bonchev–Trinajstić information content (AvgIpc) is 2.47. The van der Waals surface area contributed by atoms with Crippen LogP contribution in [0.3, 0.4) is 0 Å². The Balaban J connectivity index is 2.79. The van der Waals surface area contributed by atoms with E-state index in [9.17, 15) is 9.59 Å². The largest absolute Gasteiger partial charge is 0.444 e. The Morgan fingerprint density at radius 3 is 2.44 bits per heavy atom. The summed E-state index contributed by atoms with van der Waals surface area (Å²) in [5, 5.41) is 2.92. The minimum absolute atomic E-state index is 0.179. The first-order valence-electron chi connectivity index (χ1n) is 8.47. The number of ether oxygens (including phenoxy) is 1. The standard InChI is InChI=1S/C19H29BrN2O3/c1-13(2)10-16(22(6)18(24)25-19(3,4)5)17(23)21-12-14-8-7-9-15(20)11-14/h7-9,11,13,16H,10,12H2,1-6H3,(H,21,23). The van der Waals surface area contributed by atoms with E-state index in [1.54, 1.807) is 7.05 Å². The maximum absolute atomic E-state index is 12.7. The number of hydrogen-bond donors (Lipinski definition) is 1. The molecular formula is C19H29BrN2O3. The lowest BCUT2D eigenvalue weighted by Crippen LogP contribution is -2.49. The van der Waals surface area contributed by atoms with Crippen molar-refractivity contribution in [2.24, 2.45) is 5.92 Å². The van der Waals surface area contributed by atoms with E-state index in [4.69, 9.17) is 4.74 Å². The van der Waals surface area contributed by atoms with Crippen molar-refractivity contribution in [2.45, 2.75) is 59.2 Å². The van der Waals surface area contributed by atoms with E-state index in [-0.39, 0.29) is 11.8 Å². The van der Waals surface area contributed by atoms with Crippen LogP contribution in [0.1, 0.15) is 46.6 Å². The summed E-state index contributed by atoms with van der Waals surface area (Å²) in [5.41, 5.74) is 0.395. The van der Waals surface area contributed by atoms with Gasteiger partial charge in [-0.2, -0.15) is 0 Å². The number of hydrogen-bond acceptors (Lipinski definition) is 3. The molecule has 0 aliphatic carbocycles. The molecule has 1 atom stereocenters. The first-order chi connectivity index (χ1) is 11.5. The third-order valence-corrected chi connectivity index (χ3v) is 4.00. The van der Waals surface area contributed by atoms with Crippen LogP contribution in [0.2, 0.25) is 0 Å². The highest BCUT2D eigenvalue weighted by atomic mass is 79.9. The second-order valence-electron chi connectivity index (χ2n) is 7.58. The molecule has 0 fully saturated rings. The fourth-order valence-electron chi connectivity index (χ4n) is 2.30. The number of benzene rings is 1. The van der Waals surface area contributed by atoms with Crippen molar-refractivity contribution in [3.8, 4) is 0 Å². The van der Waals surface area contributed by atoms with Gasteiger partial charge in [-0.05, 0) is 50.8 Å². The maximum Gasteiger partial charge on any atom is 0.410 e. The smallest absolute Gasteiger partial charge is 0.410 e. The third kappa shape index (κ3) is 7.90. The van der Waals surface area contributed by atoms with Crippen LogP contribution in [0.5, 0.6) is 0 Å². The molecule has 5 nitrogen and oxygen atoms in total. The van der Waals surface area contributed by atoms with E-state index in [0.717, 1.165) is 10.0 Å². The monoisotopic (exact) mass is 412 g/mol. The summed E-state index contributed by atoms with van der Waals surface area (Å²) in [6, 6.07) is 7.18. The molecule has 1 aromatic carbocycles. The molecule has 1 aromatic rings. The highest BCUT2D eigenvalue weighted by molar-refractivity contribution is 9.10. The van der Waals surface area contributed by atoms with Gasteiger partial charge in [0.1, 0.15) is 11.6 Å². The molecule has 0 aliphatic heterocycles. The van der Waals surface area contributed by atoms with Crippen LogP contribution in [0.25, 0.3) is 0 Å². The molecule has 0 heterocycles. The van der Waals surface area contributed by atoms with E-state index < -0.39 is 17.7 Å². The van der Waals surface area contributed by atoms with Crippen LogP contribution in [0.15, 0.2) is 28.7 Å². The second kappa shape index (κ2) is 9.22. The molecule has 0 radical (unpaired) electrons. The van der Waals surface area contributed by atoms with Gasteiger partial charge in [0.05, 0.1) is 0 Å². The molecule has 140 valence electrons. The number of carbonyl (C=O) groups excluding carboxylic acids is 2. The van der Waals surface area contributed by atoms with Crippen LogP contribution < -0.4 is 5.32 Å². The fourth-order valence-corrected chi connectivity index (χ4v) is 2.75. The molecule has 0 bridgehead atoms. The highest BCUT2D eigenvalue weighted by Gasteiger charge is 2.30. The zero-order chi connectivity index (χ0) is 19.2. The Hall–Kier alpha value is -1.56. The van der Waals surface area contributed by atoms with Gasteiger partial charge in [-0.1, -0.05) is 41.9 Å². The summed E-state index contributed by atoms with van der Waals surface area (Å²) < 4.78 is 6.35. The minimum Gasteiger partial charge on any atom is -0.444 e. The van der Waals surface area contributed by atoms with E-state index in [1.807, 2.05) is 58.9 Å². The summed E-state index contributed by atoms with van der Waals surface area (Å²) in [6.45, 7) is 9.89. The van der Waals surface area contributed by atoms with Gasteiger partial charge in [0.25, 0.3) is 0 Å². The highest BCUT2D eigenvalue weighted by Crippen LogP contribution is 2.16. The zero-order valence-electron chi connectivity index (χ0n) is 15.9. The SMILES string of the molecule is CC(C)CC(C(=O)NCc1cccc(Br)c1)N(C)C(=O)OC(C)(C)C. The topological polar surface area (TPSA) is 58.6 Å². The van der Waals surface area contributed by atoms with Crippen LogP contribution in [-0.4, -0.2) is 35.6 Å². The summed E-state index contributed by atoms with van der Waals surface area (Å²) >= 11 is 3.42. The fraction of sp³-hybridized carbons (Fsp3) is 0.579. The molecular weight excluding hydrogens is 384 g/mol. The van der Waals surface area contributed by atoms with Gasteiger partial charge in [0.15, 0.2) is 0 Å². The Morgan fingerprint density at radius 1 is 1.28 bits per heavy atom. The normalized spacial score (nSPS) is 12.6. The Bertz CT molecular complexity index is 597. The molecule has 0 saturated carbocycles. The molecule has 0 aliphatic rings. The molecule has 2 amide bonds. The Kier molecular flexibility index (Phi) is 7.93. The molecule has 0 saturated heterocycles. The number of nitrogens with zero attached hydrogens (tertiary/aromatic N) is 1. The van der Waals surface area contributed by atoms with Crippen molar-refractivity contribution in [1.29, 1.82) is 0 Å². The first-order valence-corrected chi connectivity index (χ1v) is 9.27. The van der Waals surface area contributed by atoms with Crippen LogP contribution in [-0.2, 0) is 16.1 Å². The summed E-state index contributed by atoms with van der Waals surface area (Å²) in [7, 11) is 1.61. The quantitative estimate of drug-likeness (QED) is 0.755. The molecule has 1 unspecified atom stereocenters. The lowest BCUT2D eigenvalue weighted by Gasteiger charge is -2.31. The lowest BCUT2D eigenvalue weighted by molar-refractivity contribution is -0.126. The number of likely N-dealkylation sites (N-methyl/N-ethyl adjacent to an activating group) is 1. The zero-order valence-corrected chi connectivity index (χ0v) is 17.5. The van der Waals surface area contributed by atoms with Gasteiger partial charge in [0.2, 0.25) is 5.91 Å². The summed E-state index contributed by atoms with van der Waals surface area (Å²) in [5.74, 6) is 0.0912. The molecule has 6 heteroatoms. The van der Waals surface area contributed by atoms with Crippen molar-refractivity contribution in [3.63, 3.8) is 0 Å². The van der Waals surface area contributed by atoms with Crippen LogP contribution >= 0.6 is 15.9 Å². The number of nitrogens with one attached hydrogen (secondary N) is 1. The molecule has 1 rings (SSSR count). The molecule has 25 heavy (non-hydrogen) atoms. The summed E-state index contributed by atoms with van der Waals surface area (Å²) in [4.78, 5) is 26.4. The van der Waals surface area contributed by atoms with Crippen molar-refractivity contribution in [1.82, 2.24) is 10.2 Å². The minimum atomic E-state index is -0.597. The third-order valence-electron chi connectivity index (χ3n) is 3.50. The summed E-state index contributed by atoms with van der Waals surface area (Å²) in [6.07, 6.45) is 0.0795. The van der Waals surface area contributed by atoms with E-state index in [2.05, 4.69) is 21.2 Å². The number of rotatable bonds is 6. The molecule has 1 N–H and O–H groups in total. The predicted molar refractivity (Wildman–Crippen MR) is 103 cm³/mol. The first kappa shape index (κ1) is 21.5. The van der Waals surface area contributed by atoms with Crippen molar-refractivity contribution >= 4 is 27.9 Å². The van der Waals surface area contributed by atoms with Gasteiger partial charge in [0, 0.05) is 18.1 Å². The van der Waals surface area contributed by atoms with Gasteiger partial charge in [-0.3, -0.25) is 9.69 Å². The van der Waals surface area contributed by atoms with Crippen LogP contribution in [0.4, 0.5) is 4.79 Å². The van der Waals surface area contributed by atoms with Crippen LogP contribution in [0, 0.1) is 5.92 Å². The number of halogens is 1. The Morgan fingerprint density at radius 2 is 1.92 bits per heavy atom. The van der Waals surface area contributed by atoms with Gasteiger partial charge in [-0.15, -0.1) is 0 Å². The van der Waals surface area contributed by atoms with Crippen molar-refractivity contribution in [2.75, 3.05) is 7.05 Å². The average molecular weight is 413 g/mol. The second-order valence-corrected chi connectivity index (χ2v) is 8.50. The molecule has 0 spiro atoms. The number of carbonyl (C=O) groups is 2. The van der Waals surface area contributed by atoms with Gasteiger partial charge < -0.3 is 10.1 Å². The molecule has 0 aromatic heterocycles. The van der Waals surface area contributed by atoms with Crippen molar-refractivity contribution < 1.29 is 14.3 Å². The van der Waals surface area contributed by atoms with Gasteiger partial charge in [-0.25, -0.2) is 4.79 Å². The number of amides is 2. The van der Waals surface area contributed by atoms with E-state index >= 15 is 0 Å². The van der Waals surface area contributed by atoms with Gasteiger partial charge >= 0.3 is 6.09 Å².